The topological polar surface area (TPSA) is 93.9 Å². The minimum atomic E-state index is -0.421. The molecular weight excluding hydrogens is 419 g/mol. The molecule has 3 rings (SSSR count). The van der Waals surface area contributed by atoms with Gasteiger partial charge in [-0.2, -0.15) is 5.10 Å². The monoisotopic (exact) mass is 436 g/mol. The third kappa shape index (κ3) is 4.18. The van der Waals surface area contributed by atoms with E-state index in [-0.39, 0.29) is 45.3 Å². The zero-order valence-electron chi connectivity index (χ0n) is 16.2. The van der Waals surface area contributed by atoms with Crippen molar-refractivity contribution in [2.45, 2.75) is 26.2 Å². The molecule has 0 atom stereocenters. The van der Waals surface area contributed by atoms with E-state index < -0.39 is 11.7 Å². The second kappa shape index (κ2) is 7.96. The Kier molecular flexibility index (Phi) is 5.77. The van der Waals surface area contributed by atoms with Gasteiger partial charge in [0, 0.05) is 31.3 Å². The second-order valence-corrected chi connectivity index (χ2v) is 7.67. The summed E-state index contributed by atoms with van der Waals surface area (Å²) >= 11 is 12.7. The van der Waals surface area contributed by atoms with E-state index in [0.29, 0.717) is 11.1 Å². The van der Waals surface area contributed by atoms with Crippen LogP contribution in [-0.2, 0) is 16.6 Å². The van der Waals surface area contributed by atoms with Crippen molar-refractivity contribution in [3.63, 3.8) is 0 Å². The summed E-state index contributed by atoms with van der Waals surface area (Å²) in [7, 11) is 2.99. The highest BCUT2D eigenvalue weighted by atomic mass is 35.5. The summed E-state index contributed by atoms with van der Waals surface area (Å²) in [6, 6.07) is 4.51. The lowest BCUT2D eigenvalue weighted by molar-refractivity contribution is -0.133. The smallest absolute Gasteiger partial charge is 0.270 e. The molecule has 0 saturated heterocycles. The zero-order chi connectivity index (χ0) is 21.5. The Morgan fingerprint density at radius 3 is 2.28 bits per heavy atom. The average Bonchev–Trinajstić information content (AvgIpc) is 2.63. The molecule has 8 nitrogen and oxygen atoms in total. The Morgan fingerprint density at radius 2 is 1.69 bits per heavy atom. The fourth-order valence-electron chi connectivity index (χ4n) is 2.78. The van der Waals surface area contributed by atoms with E-state index in [1.165, 1.54) is 30.9 Å². The second-order valence-electron chi connectivity index (χ2n) is 6.86. The van der Waals surface area contributed by atoms with E-state index in [1.54, 1.807) is 6.07 Å². The van der Waals surface area contributed by atoms with Gasteiger partial charge in [0.15, 0.2) is 11.5 Å². The third-order valence-electron chi connectivity index (χ3n) is 4.36. The van der Waals surface area contributed by atoms with E-state index >= 15 is 0 Å². The SMILES string of the molecule is CC(C)c1cc(Oc2c(Cl)cc(C3=NN(C)C(=O)CC3=O)cc2Cl)nn(C)c1=O. The lowest BCUT2D eigenvalue weighted by Gasteiger charge is -2.19. The number of halogens is 2. The van der Waals surface area contributed by atoms with Crippen LogP contribution >= 0.6 is 23.2 Å². The molecule has 0 N–H and O–H groups in total. The molecule has 0 radical (unpaired) electrons. The molecule has 1 aromatic carbocycles. The predicted molar refractivity (Wildman–Crippen MR) is 109 cm³/mol. The Morgan fingerprint density at radius 1 is 1.07 bits per heavy atom. The van der Waals surface area contributed by atoms with Crippen molar-refractivity contribution >= 4 is 40.6 Å². The summed E-state index contributed by atoms with van der Waals surface area (Å²) in [5.74, 6) is -0.551. The highest BCUT2D eigenvalue weighted by Crippen LogP contribution is 2.37. The number of hydrogen-bond donors (Lipinski definition) is 0. The number of rotatable bonds is 4. The number of ketones is 1. The van der Waals surface area contributed by atoms with Crippen molar-refractivity contribution in [3.05, 3.63) is 49.7 Å². The van der Waals surface area contributed by atoms with Gasteiger partial charge in [-0.3, -0.25) is 14.4 Å². The fourth-order valence-corrected chi connectivity index (χ4v) is 3.35. The van der Waals surface area contributed by atoms with Crippen LogP contribution < -0.4 is 10.3 Å². The molecule has 29 heavy (non-hydrogen) atoms. The first kappa shape index (κ1) is 21.0. The van der Waals surface area contributed by atoms with E-state index in [0.717, 1.165) is 5.01 Å². The first-order valence-electron chi connectivity index (χ1n) is 8.72. The summed E-state index contributed by atoms with van der Waals surface area (Å²) < 4.78 is 6.93. The number of ether oxygens (including phenoxy) is 1. The van der Waals surface area contributed by atoms with Crippen molar-refractivity contribution in [2.75, 3.05) is 7.05 Å². The van der Waals surface area contributed by atoms with Crippen molar-refractivity contribution in [1.29, 1.82) is 0 Å². The van der Waals surface area contributed by atoms with E-state index in [4.69, 9.17) is 27.9 Å². The molecule has 2 aromatic rings. The van der Waals surface area contributed by atoms with Crippen LogP contribution in [-0.4, -0.2) is 39.2 Å². The summed E-state index contributed by atoms with van der Waals surface area (Å²) in [6.07, 6.45) is -0.275. The number of carbonyl (C=O) groups is 2. The normalized spacial score (nSPS) is 14.4. The van der Waals surface area contributed by atoms with E-state index in [2.05, 4.69) is 10.2 Å². The number of carbonyl (C=O) groups excluding carboxylic acids is 2. The lowest BCUT2D eigenvalue weighted by atomic mass is 10.0. The lowest BCUT2D eigenvalue weighted by Crippen LogP contribution is -2.35. The predicted octanol–water partition coefficient (Wildman–Crippen LogP) is 3.14. The van der Waals surface area contributed by atoms with Crippen molar-refractivity contribution < 1.29 is 14.3 Å². The van der Waals surface area contributed by atoms with Crippen LogP contribution in [0.1, 0.15) is 37.3 Å². The molecule has 1 aliphatic rings. The molecule has 1 amide bonds. The highest BCUT2D eigenvalue weighted by molar-refractivity contribution is 6.50. The molecule has 2 heterocycles. The molecule has 0 bridgehead atoms. The number of aryl methyl sites for hydroxylation is 1. The Hall–Kier alpha value is -2.71. The number of hydrazone groups is 1. The zero-order valence-corrected chi connectivity index (χ0v) is 17.7. The van der Waals surface area contributed by atoms with Crippen molar-refractivity contribution in [2.24, 2.45) is 12.1 Å². The summed E-state index contributed by atoms with van der Waals surface area (Å²) in [6.45, 7) is 3.78. The molecule has 0 spiro atoms. The van der Waals surface area contributed by atoms with Gasteiger partial charge in [-0.1, -0.05) is 37.0 Å². The van der Waals surface area contributed by atoms with Crippen LogP contribution in [0, 0.1) is 0 Å². The largest absolute Gasteiger partial charge is 0.434 e. The molecule has 0 aliphatic carbocycles. The van der Waals surface area contributed by atoms with Gasteiger partial charge in [-0.05, 0) is 18.1 Å². The maximum atomic E-state index is 12.2. The number of hydrogen-bond acceptors (Lipinski definition) is 6. The standard InChI is InChI=1S/C19H18Cl2N4O4/c1-9(2)11-7-15(22-25(4)19(11)28)29-18-12(20)5-10(6-13(18)21)17-14(26)8-16(27)24(3)23-17/h5-7,9H,8H2,1-4H3. The van der Waals surface area contributed by atoms with E-state index in [9.17, 15) is 14.4 Å². The summed E-state index contributed by atoms with van der Waals surface area (Å²) in [5.41, 5.74) is 0.779. The number of nitrogens with zero attached hydrogens (tertiary/aromatic N) is 4. The minimum absolute atomic E-state index is 0.0256. The maximum Gasteiger partial charge on any atom is 0.270 e. The van der Waals surface area contributed by atoms with Crippen molar-refractivity contribution in [3.8, 4) is 11.6 Å². The Labute approximate surface area is 176 Å². The first-order valence-corrected chi connectivity index (χ1v) is 9.48. The molecule has 1 aliphatic heterocycles. The van der Waals surface area contributed by atoms with Crippen LogP contribution in [0.2, 0.25) is 10.0 Å². The van der Waals surface area contributed by atoms with Crippen LogP contribution in [0.5, 0.6) is 11.6 Å². The van der Waals surface area contributed by atoms with Gasteiger partial charge in [0.2, 0.25) is 11.8 Å². The van der Waals surface area contributed by atoms with Crippen molar-refractivity contribution in [1.82, 2.24) is 14.8 Å². The Balaban J connectivity index is 2.00. The van der Waals surface area contributed by atoms with Crippen LogP contribution in [0.25, 0.3) is 0 Å². The molecule has 0 saturated carbocycles. The van der Waals surface area contributed by atoms with Gasteiger partial charge in [-0.25, -0.2) is 9.69 Å². The molecule has 0 fully saturated rings. The van der Waals surface area contributed by atoms with Crippen LogP contribution in [0.3, 0.4) is 0 Å². The van der Waals surface area contributed by atoms with Gasteiger partial charge in [-0.15, -0.1) is 5.10 Å². The van der Waals surface area contributed by atoms with E-state index in [1.807, 2.05) is 13.8 Å². The average molecular weight is 437 g/mol. The molecule has 1 aromatic heterocycles. The molecule has 152 valence electrons. The molecule has 0 unspecified atom stereocenters. The number of Topliss-reactive ketones (excluding diaryl/α,β-unsaturated/α-hetero) is 1. The summed E-state index contributed by atoms with van der Waals surface area (Å²) in [5, 5.41) is 9.44. The summed E-state index contributed by atoms with van der Waals surface area (Å²) in [4.78, 5) is 35.9. The number of aromatic nitrogens is 2. The van der Waals surface area contributed by atoms with Gasteiger partial charge in [0.1, 0.15) is 5.71 Å². The first-order chi connectivity index (χ1) is 13.6. The number of benzene rings is 1. The number of amides is 1. The Bertz CT molecular complexity index is 1080. The third-order valence-corrected chi connectivity index (χ3v) is 4.92. The maximum absolute atomic E-state index is 12.2. The van der Waals surface area contributed by atoms with Gasteiger partial charge < -0.3 is 4.74 Å². The molecular formula is C19H18Cl2N4O4. The highest BCUT2D eigenvalue weighted by Gasteiger charge is 2.27. The van der Waals surface area contributed by atoms with Gasteiger partial charge >= 0.3 is 0 Å². The van der Waals surface area contributed by atoms with Crippen LogP contribution in [0.4, 0.5) is 0 Å². The van der Waals surface area contributed by atoms with Gasteiger partial charge in [0.05, 0.1) is 16.5 Å². The molecule has 10 heteroatoms. The quantitative estimate of drug-likeness (QED) is 0.686. The van der Waals surface area contributed by atoms with Crippen LogP contribution in [0.15, 0.2) is 28.1 Å². The fraction of sp³-hybridized carbons (Fsp3) is 0.316. The minimum Gasteiger partial charge on any atom is -0.434 e. The van der Waals surface area contributed by atoms with Gasteiger partial charge in [0.25, 0.3) is 5.56 Å².